The van der Waals surface area contributed by atoms with Gasteiger partial charge in [-0.15, -0.1) is 0 Å². The van der Waals surface area contributed by atoms with Crippen molar-refractivity contribution in [2.45, 2.75) is 17.4 Å². The molecule has 0 bridgehead atoms. The Balaban J connectivity index is 1.70. The number of anilines is 1. The predicted octanol–water partition coefficient (Wildman–Crippen LogP) is 5.91. The molecule has 0 aliphatic carbocycles. The number of halogens is 3. The van der Waals surface area contributed by atoms with Crippen LogP contribution in [-0.4, -0.2) is 16.1 Å². The maximum absolute atomic E-state index is 12.3. The lowest BCUT2D eigenvalue weighted by Gasteiger charge is -2.10. The van der Waals surface area contributed by atoms with E-state index < -0.39 is 5.25 Å². The number of rotatable bonds is 4. The van der Waals surface area contributed by atoms with Gasteiger partial charge in [0.25, 0.3) is 5.22 Å². The third-order valence-electron chi connectivity index (χ3n) is 3.11. The first-order chi connectivity index (χ1) is 11.4. The van der Waals surface area contributed by atoms with Crippen LogP contribution in [0.25, 0.3) is 11.1 Å². The van der Waals surface area contributed by atoms with Gasteiger partial charge in [-0.3, -0.25) is 4.79 Å². The molecule has 1 atom stereocenters. The summed E-state index contributed by atoms with van der Waals surface area (Å²) < 4.78 is 5.60. The molecule has 1 amide bonds. The Morgan fingerprint density at radius 2 is 1.83 bits per heavy atom. The predicted molar refractivity (Wildman–Crippen MR) is 99.4 cm³/mol. The van der Waals surface area contributed by atoms with Crippen molar-refractivity contribution in [2.75, 3.05) is 5.32 Å². The number of oxazole rings is 1. The second kappa shape index (κ2) is 7.23. The summed E-state index contributed by atoms with van der Waals surface area (Å²) in [5, 5.41) is 4.23. The van der Waals surface area contributed by atoms with E-state index in [0.29, 0.717) is 37.1 Å². The maximum Gasteiger partial charge on any atom is 0.257 e. The van der Waals surface area contributed by atoms with Gasteiger partial charge in [-0.25, -0.2) is 4.98 Å². The summed E-state index contributed by atoms with van der Waals surface area (Å²) in [6.07, 6.45) is 0. The molecule has 1 aromatic heterocycles. The van der Waals surface area contributed by atoms with E-state index in [2.05, 4.69) is 10.3 Å². The largest absolute Gasteiger partial charge is 0.431 e. The van der Waals surface area contributed by atoms with Gasteiger partial charge in [-0.1, -0.05) is 46.6 Å². The Hall–Kier alpha value is -1.40. The molecule has 0 fully saturated rings. The first-order valence-electron chi connectivity index (χ1n) is 6.90. The Bertz CT molecular complexity index is 893. The number of benzene rings is 2. The number of carbonyl (C=O) groups is 1. The number of aromatic nitrogens is 1. The topological polar surface area (TPSA) is 55.1 Å². The zero-order valence-corrected chi connectivity index (χ0v) is 15.4. The van der Waals surface area contributed by atoms with Crippen LogP contribution in [0.5, 0.6) is 0 Å². The molecule has 1 heterocycles. The molecule has 8 heteroatoms. The minimum absolute atomic E-state index is 0.210. The molecule has 24 heavy (non-hydrogen) atoms. The summed E-state index contributed by atoms with van der Waals surface area (Å²) in [7, 11) is 0. The zero-order chi connectivity index (χ0) is 17.3. The van der Waals surface area contributed by atoms with E-state index in [1.807, 2.05) is 0 Å². The van der Waals surface area contributed by atoms with Crippen LogP contribution in [0.15, 0.2) is 46.0 Å². The maximum atomic E-state index is 12.3. The van der Waals surface area contributed by atoms with Gasteiger partial charge in [0, 0.05) is 20.8 Å². The van der Waals surface area contributed by atoms with Crippen molar-refractivity contribution >= 4 is 69.3 Å². The molecular weight excluding hydrogens is 391 g/mol. The third kappa shape index (κ3) is 4.16. The lowest BCUT2D eigenvalue weighted by molar-refractivity contribution is -0.115. The van der Waals surface area contributed by atoms with Gasteiger partial charge in [-0.05, 0) is 43.3 Å². The molecule has 0 saturated carbocycles. The highest BCUT2D eigenvalue weighted by Crippen LogP contribution is 2.29. The normalized spacial score (nSPS) is 12.3. The monoisotopic (exact) mass is 400 g/mol. The standard InChI is InChI=1S/C16H11Cl3N2O2S/c1-8(15(22)20-12-5-10(18)4-11(19)6-12)24-16-21-13-7-9(17)2-3-14(13)23-16/h2-8H,1H3,(H,20,22). The van der Waals surface area contributed by atoms with E-state index in [9.17, 15) is 4.79 Å². The SMILES string of the molecule is CC(Sc1nc2cc(Cl)ccc2o1)C(=O)Nc1cc(Cl)cc(Cl)c1. The number of hydrogen-bond donors (Lipinski definition) is 1. The third-order valence-corrected chi connectivity index (χ3v) is 4.72. The Morgan fingerprint density at radius 1 is 1.12 bits per heavy atom. The van der Waals surface area contributed by atoms with E-state index in [1.165, 1.54) is 11.8 Å². The van der Waals surface area contributed by atoms with Crippen LogP contribution < -0.4 is 5.32 Å². The summed E-state index contributed by atoms with van der Waals surface area (Å²) in [6.45, 7) is 1.76. The number of amides is 1. The van der Waals surface area contributed by atoms with Gasteiger partial charge in [0.2, 0.25) is 5.91 Å². The minimum Gasteiger partial charge on any atom is -0.431 e. The fraction of sp³-hybridized carbons (Fsp3) is 0.125. The Kier molecular flexibility index (Phi) is 5.25. The summed E-state index contributed by atoms with van der Waals surface area (Å²) in [4.78, 5) is 16.6. The van der Waals surface area contributed by atoms with Crippen LogP contribution in [0.1, 0.15) is 6.92 Å². The Morgan fingerprint density at radius 3 is 2.54 bits per heavy atom. The quantitative estimate of drug-likeness (QED) is 0.552. The van der Waals surface area contributed by atoms with Crippen LogP contribution in [0.3, 0.4) is 0 Å². The fourth-order valence-electron chi connectivity index (χ4n) is 2.00. The highest BCUT2D eigenvalue weighted by molar-refractivity contribution is 8.00. The molecule has 1 N–H and O–H groups in total. The molecule has 0 spiro atoms. The summed E-state index contributed by atoms with van der Waals surface area (Å²) >= 11 is 19.0. The summed E-state index contributed by atoms with van der Waals surface area (Å²) in [5.74, 6) is -0.210. The molecule has 0 aliphatic heterocycles. The molecule has 1 unspecified atom stereocenters. The van der Waals surface area contributed by atoms with Gasteiger partial charge >= 0.3 is 0 Å². The van der Waals surface area contributed by atoms with Crippen molar-refractivity contribution in [1.82, 2.24) is 4.98 Å². The first-order valence-corrected chi connectivity index (χ1v) is 8.92. The Labute approximate surface area is 157 Å². The van der Waals surface area contributed by atoms with Crippen LogP contribution >= 0.6 is 46.6 Å². The highest BCUT2D eigenvalue weighted by Gasteiger charge is 2.18. The number of nitrogens with zero attached hydrogens (tertiary/aromatic N) is 1. The van der Waals surface area contributed by atoms with Crippen molar-refractivity contribution in [3.8, 4) is 0 Å². The van der Waals surface area contributed by atoms with Gasteiger partial charge < -0.3 is 9.73 Å². The molecule has 2 aromatic carbocycles. The van der Waals surface area contributed by atoms with E-state index in [-0.39, 0.29) is 5.91 Å². The molecule has 0 saturated heterocycles. The average molecular weight is 402 g/mol. The van der Waals surface area contributed by atoms with E-state index in [0.717, 1.165) is 0 Å². The fourth-order valence-corrected chi connectivity index (χ4v) is 3.45. The van der Waals surface area contributed by atoms with E-state index >= 15 is 0 Å². The number of hydrogen-bond acceptors (Lipinski definition) is 4. The average Bonchev–Trinajstić information content (AvgIpc) is 2.87. The number of thioether (sulfide) groups is 1. The summed E-state index contributed by atoms with van der Waals surface area (Å²) in [6, 6.07) is 10.0. The second-order valence-corrected chi connectivity index (χ2v) is 7.60. The minimum atomic E-state index is -0.425. The van der Waals surface area contributed by atoms with Gasteiger partial charge in [0.05, 0.1) is 5.25 Å². The molecule has 0 radical (unpaired) electrons. The highest BCUT2D eigenvalue weighted by atomic mass is 35.5. The molecule has 3 rings (SSSR count). The molecule has 4 nitrogen and oxygen atoms in total. The van der Waals surface area contributed by atoms with Gasteiger partial charge in [0.15, 0.2) is 5.58 Å². The molecular formula is C16H11Cl3N2O2S. The first kappa shape index (κ1) is 17.4. The van der Waals surface area contributed by atoms with Crippen molar-refractivity contribution in [1.29, 1.82) is 0 Å². The van der Waals surface area contributed by atoms with Crippen molar-refractivity contribution in [2.24, 2.45) is 0 Å². The molecule has 0 aliphatic rings. The van der Waals surface area contributed by atoms with Crippen LogP contribution in [0.2, 0.25) is 15.1 Å². The zero-order valence-electron chi connectivity index (χ0n) is 12.3. The molecule has 124 valence electrons. The second-order valence-electron chi connectivity index (χ2n) is 5.00. The van der Waals surface area contributed by atoms with Gasteiger partial charge in [0.1, 0.15) is 5.52 Å². The van der Waals surface area contributed by atoms with Crippen molar-refractivity contribution < 1.29 is 9.21 Å². The van der Waals surface area contributed by atoms with Crippen LogP contribution in [0.4, 0.5) is 5.69 Å². The van der Waals surface area contributed by atoms with Crippen LogP contribution in [-0.2, 0) is 4.79 Å². The van der Waals surface area contributed by atoms with E-state index in [4.69, 9.17) is 39.2 Å². The van der Waals surface area contributed by atoms with Gasteiger partial charge in [-0.2, -0.15) is 0 Å². The number of fused-ring (bicyclic) bond motifs is 1. The lowest BCUT2D eigenvalue weighted by Crippen LogP contribution is -2.22. The smallest absolute Gasteiger partial charge is 0.257 e. The van der Waals surface area contributed by atoms with Crippen molar-refractivity contribution in [3.63, 3.8) is 0 Å². The van der Waals surface area contributed by atoms with Crippen LogP contribution in [0, 0.1) is 0 Å². The number of nitrogens with one attached hydrogen (secondary N) is 1. The van der Waals surface area contributed by atoms with E-state index in [1.54, 1.807) is 43.3 Å². The van der Waals surface area contributed by atoms with Crippen molar-refractivity contribution in [3.05, 3.63) is 51.5 Å². The lowest BCUT2D eigenvalue weighted by atomic mass is 10.3. The number of carbonyl (C=O) groups excluding carboxylic acids is 1. The summed E-state index contributed by atoms with van der Waals surface area (Å²) in [5.41, 5.74) is 1.81. The molecule has 3 aromatic rings.